The molecule has 1 rings (SSSR count). The Kier molecular flexibility index (Phi) is 7.43. The summed E-state index contributed by atoms with van der Waals surface area (Å²) in [7, 11) is 0. The fourth-order valence-electron chi connectivity index (χ4n) is 1.42. The second-order valence-electron chi connectivity index (χ2n) is 3.97. The second kappa shape index (κ2) is 9.22. The van der Waals surface area contributed by atoms with Crippen molar-refractivity contribution in [2.45, 2.75) is 19.8 Å². The first kappa shape index (κ1) is 15.3. The molecule has 0 spiro atoms. The van der Waals surface area contributed by atoms with Crippen LogP contribution in [0.2, 0.25) is 0 Å². The lowest BCUT2D eigenvalue weighted by atomic mass is 10.3. The highest BCUT2D eigenvalue weighted by Crippen LogP contribution is 2.19. The number of nitrogens with two attached hydrogens (primary N) is 1. The molecule has 0 saturated carbocycles. The van der Waals surface area contributed by atoms with Gasteiger partial charge in [0.25, 0.3) is 0 Å². The SMILES string of the molecule is CCCC(=O)OCCOCCOc1ccccc1N. The number of para-hydroxylation sites is 2. The maximum absolute atomic E-state index is 11.0. The molecule has 0 unspecified atom stereocenters. The molecule has 5 nitrogen and oxygen atoms in total. The molecule has 0 atom stereocenters. The van der Waals surface area contributed by atoms with Gasteiger partial charge in [0.1, 0.15) is 19.0 Å². The van der Waals surface area contributed by atoms with Gasteiger partial charge in [-0.25, -0.2) is 0 Å². The fraction of sp³-hybridized carbons (Fsp3) is 0.500. The van der Waals surface area contributed by atoms with Gasteiger partial charge in [-0.3, -0.25) is 4.79 Å². The van der Waals surface area contributed by atoms with Gasteiger partial charge in [0.2, 0.25) is 0 Å². The summed E-state index contributed by atoms with van der Waals surface area (Å²) in [6.07, 6.45) is 1.25. The zero-order valence-electron chi connectivity index (χ0n) is 11.3. The van der Waals surface area contributed by atoms with E-state index < -0.39 is 0 Å². The number of rotatable bonds is 9. The van der Waals surface area contributed by atoms with E-state index >= 15 is 0 Å². The molecule has 106 valence electrons. The molecule has 1 aromatic rings. The van der Waals surface area contributed by atoms with Gasteiger partial charge < -0.3 is 19.9 Å². The van der Waals surface area contributed by atoms with Gasteiger partial charge in [0, 0.05) is 6.42 Å². The Bertz CT molecular complexity index is 381. The van der Waals surface area contributed by atoms with Crippen LogP contribution in [-0.2, 0) is 14.3 Å². The van der Waals surface area contributed by atoms with Crippen LogP contribution in [0.5, 0.6) is 5.75 Å². The minimum Gasteiger partial charge on any atom is -0.489 e. The molecule has 1 aromatic carbocycles. The van der Waals surface area contributed by atoms with E-state index in [1.165, 1.54) is 0 Å². The van der Waals surface area contributed by atoms with Crippen LogP contribution in [0.1, 0.15) is 19.8 Å². The zero-order chi connectivity index (χ0) is 13.9. The smallest absolute Gasteiger partial charge is 0.305 e. The monoisotopic (exact) mass is 267 g/mol. The maximum atomic E-state index is 11.0. The van der Waals surface area contributed by atoms with Gasteiger partial charge in [-0.1, -0.05) is 19.1 Å². The van der Waals surface area contributed by atoms with Crippen LogP contribution in [-0.4, -0.2) is 32.4 Å². The Morgan fingerprint density at radius 3 is 2.63 bits per heavy atom. The van der Waals surface area contributed by atoms with E-state index in [1.54, 1.807) is 6.07 Å². The van der Waals surface area contributed by atoms with Gasteiger partial charge in [-0.2, -0.15) is 0 Å². The standard InChI is InChI=1S/C14H21NO4/c1-2-5-14(16)19-11-9-17-8-10-18-13-7-4-3-6-12(13)15/h3-4,6-7H,2,5,8-11,15H2,1H3. The summed E-state index contributed by atoms with van der Waals surface area (Å²) < 4.78 is 15.7. The lowest BCUT2D eigenvalue weighted by Gasteiger charge is -2.09. The normalized spacial score (nSPS) is 10.2. The first-order valence-corrected chi connectivity index (χ1v) is 6.44. The Hall–Kier alpha value is -1.75. The minimum atomic E-state index is -0.181. The Labute approximate surface area is 113 Å². The van der Waals surface area contributed by atoms with Gasteiger partial charge in [0.05, 0.1) is 18.9 Å². The van der Waals surface area contributed by atoms with Crippen LogP contribution in [0, 0.1) is 0 Å². The number of esters is 1. The average molecular weight is 267 g/mol. The average Bonchev–Trinajstić information content (AvgIpc) is 2.40. The summed E-state index contributed by atoms with van der Waals surface area (Å²) in [4.78, 5) is 11.0. The topological polar surface area (TPSA) is 70.8 Å². The summed E-state index contributed by atoms with van der Waals surface area (Å²) >= 11 is 0. The van der Waals surface area contributed by atoms with Crippen LogP contribution in [0.15, 0.2) is 24.3 Å². The number of benzene rings is 1. The quantitative estimate of drug-likeness (QED) is 0.421. The number of hydrogen-bond donors (Lipinski definition) is 1. The summed E-state index contributed by atoms with van der Waals surface area (Å²) in [6.45, 7) is 3.44. The molecule has 5 heteroatoms. The third-order valence-electron chi connectivity index (χ3n) is 2.35. The number of carbonyl (C=O) groups is 1. The van der Waals surface area contributed by atoms with E-state index in [-0.39, 0.29) is 12.6 Å². The Morgan fingerprint density at radius 1 is 1.16 bits per heavy atom. The van der Waals surface area contributed by atoms with Gasteiger partial charge in [0.15, 0.2) is 0 Å². The first-order valence-electron chi connectivity index (χ1n) is 6.44. The maximum Gasteiger partial charge on any atom is 0.305 e. The summed E-state index contributed by atoms with van der Waals surface area (Å²) in [6, 6.07) is 7.30. The molecule has 0 aromatic heterocycles. The van der Waals surface area contributed by atoms with E-state index in [4.69, 9.17) is 19.9 Å². The molecular weight excluding hydrogens is 246 g/mol. The predicted octanol–water partition coefficient (Wildman–Crippen LogP) is 2.01. The van der Waals surface area contributed by atoms with Crippen molar-refractivity contribution < 1.29 is 19.0 Å². The van der Waals surface area contributed by atoms with Crippen LogP contribution in [0.4, 0.5) is 5.69 Å². The summed E-state index contributed by atoms with van der Waals surface area (Å²) in [5.74, 6) is 0.472. The highest BCUT2D eigenvalue weighted by Gasteiger charge is 2.00. The molecule has 0 bridgehead atoms. The van der Waals surface area contributed by atoms with Crippen molar-refractivity contribution >= 4 is 11.7 Å². The van der Waals surface area contributed by atoms with E-state index in [0.29, 0.717) is 37.7 Å². The first-order chi connectivity index (χ1) is 9.24. The summed E-state index contributed by atoms with van der Waals surface area (Å²) in [5, 5.41) is 0. The number of anilines is 1. The van der Waals surface area contributed by atoms with Gasteiger partial charge in [-0.15, -0.1) is 0 Å². The highest BCUT2D eigenvalue weighted by atomic mass is 16.6. The summed E-state index contributed by atoms with van der Waals surface area (Å²) in [5.41, 5.74) is 6.33. The van der Waals surface area contributed by atoms with Crippen molar-refractivity contribution in [2.24, 2.45) is 0 Å². The molecule has 0 radical (unpaired) electrons. The largest absolute Gasteiger partial charge is 0.489 e. The van der Waals surface area contributed by atoms with Crippen molar-refractivity contribution in [1.29, 1.82) is 0 Å². The van der Waals surface area contributed by atoms with E-state index in [9.17, 15) is 4.79 Å². The number of ether oxygens (including phenoxy) is 3. The van der Waals surface area contributed by atoms with Gasteiger partial charge >= 0.3 is 5.97 Å². The van der Waals surface area contributed by atoms with E-state index in [2.05, 4.69) is 0 Å². The van der Waals surface area contributed by atoms with Crippen molar-refractivity contribution in [1.82, 2.24) is 0 Å². The zero-order valence-corrected chi connectivity index (χ0v) is 11.3. The van der Waals surface area contributed by atoms with Crippen molar-refractivity contribution in [2.75, 3.05) is 32.2 Å². The third kappa shape index (κ3) is 6.67. The lowest BCUT2D eigenvalue weighted by Crippen LogP contribution is -2.13. The molecule has 2 N–H and O–H groups in total. The van der Waals surface area contributed by atoms with E-state index in [1.807, 2.05) is 25.1 Å². The van der Waals surface area contributed by atoms with Crippen molar-refractivity contribution in [3.8, 4) is 5.75 Å². The second-order valence-corrected chi connectivity index (χ2v) is 3.97. The molecule has 0 amide bonds. The Morgan fingerprint density at radius 2 is 1.89 bits per heavy atom. The molecule has 0 aliphatic heterocycles. The van der Waals surface area contributed by atoms with Crippen LogP contribution < -0.4 is 10.5 Å². The van der Waals surface area contributed by atoms with Crippen molar-refractivity contribution in [3.63, 3.8) is 0 Å². The molecule has 0 fully saturated rings. The minimum absolute atomic E-state index is 0.181. The lowest BCUT2D eigenvalue weighted by molar-refractivity contribution is -0.145. The highest BCUT2D eigenvalue weighted by molar-refractivity contribution is 5.69. The molecule has 0 aliphatic carbocycles. The molecule has 0 heterocycles. The number of hydrogen-bond acceptors (Lipinski definition) is 5. The third-order valence-corrected chi connectivity index (χ3v) is 2.35. The number of carbonyl (C=O) groups excluding carboxylic acids is 1. The molecular formula is C14H21NO4. The fourth-order valence-corrected chi connectivity index (χ4v) is 1.42. The van der Waals surface area contributed by atoms with Crippen LogP contribution in [0.25, 0.3) is 0 Å². The Balaban J connectivity index is 2.00. The van der Waals surface area contributed by atoms with Crippen molar-refractivity contribution in [3.05, 3.63) is 24.3 Å². The molecule has 0 aliphatic rings. The van der Waals surface area contributed by atoms with Gasteiger partial charge in [-0.05, 0) is 18.6 Å². The number of nitrogen functional groups attached to an aromatic ring is 1. The van der Waals surface area contributed by atoms with Crippen LogP contribution in [0.3, 0.4) is 0 Å². The molecule has 0 saturated heterocycles. The predicted molar refractivity (Wildman–Crippen MR) is 73.0 cm³/mol. The van der Waals surface area contributed by atoms with Crippen LogP contribution >= 0.6 is 0 Å². The molecule has 19 heavy (non-hydrogen) atoms. The van der Waals surface area contributed by atoms with E-state index in [0.717, 1.165) is 6.42 Å².